The third kappa shape index (κ3) is 2.86. The summed E-state index contributed by atoms with van der Waals surface area (Å²) in [6.45, 7) is 7.71. The Labute approximate surface area is 166 Å². The molecule has 0 unspecified atom stereocenters. The van der Waals surface area contributed by atoms with E-state index in [0.29, 0.717) is 21.0 Å². The maximum Gasteiger partial charge on any atom is 0.194 e. The quantitative estimate of drug-likeness (QED) is 0.355. The van der Waals surface area contributed by atoms with Gasteiger partial charge in [-0.05, 0) is 35.0 Å². The molecule has 0 aliphatic carbocycles. The van der Waals surface area contributed by atoms with Crippen LogP contribution in [-0.4, -0.2) is 20.2 Å². The minimum Gasteiger partial charge on any atom is -0.448 e. The largest absolute Gasteiger partial charge is 0.448 e. The van der Waals surface area contributed by atoms with Crippen LogP contribution < -0.4 is 0 Å². The first-order valence-electron chi connectivity index (χ1n) is 7.99. The smallest absolute Gasteiger partial charge is 0.194 e. The Bertz CT molecular complexity index is 1130. The molecule has 0 N–H and O–H groups in total. The first-order valence-corrected chi connectivity index (χ1v) is 10.5. The van der Waals surface area contributed by atoms with Gasteiger partial charge in [-0.2, -0.15) is 0 Å². The molecule has 4 rings (SSSR count). The summed E-state index contributed by atoms with van der Waals surface area (Å²) < 4.78 is 8.32. The summed E-state index contributed by atoms with van der Waals surface area (Å²) >= 11 is 6.30. The van der Waals surface area contributed by atoms with Crippen LogP contribution in [0.1, 0.15) is 36.1 Å². The fourth-order valence-corrected chi connectivity index (χ4v) is 5.06. The molecule has 0 saturated carbocycles. The molecule has 0 radical (unpaired) electrons. The van der Waals surface area contributed by atoms with Crippen molar-refractivity contribution in [3.8, 4) is 22.2 Å². The van der Waals surface area contributed by atoms with Crippen molar-refractivity contribution in [1.29, 1.82) is 0 Å². The number of imidazole rings is 1. The number of aryl methyl sites for hydroxylation is 1. The molecule has 0 atom stereocenters. The van der Waals surface area contributed by atoms with E-state index in [2.05, 4.69) is 20.9 Å². The molecule has 4 aromatic rings. The predicted octanol–water partition coefficient (Wildman–Crippen LogP) is 6.08. The molecule has 0 fully saturated rings. The third-order valence-corrected chi connectivity index (χ3v) is 6.20. The summed E-state index contributed by atoms with van der Waals surface area (Å²) in [5, 5.41) is 2.76. The average molecular weight is 450 g/mol. The third-order valence-electron chi connectivity index (χ3n) is 3.96. The molecule has 0 aliphatic rings. The van der Waals surface area contributed by atoms with Crippen molar-refractivity contribution < 1.29 is 9.21 Å². The van der Waals surface area contributed by atoms with E-state index in [4.69, 9.17) is 9.40 Å². The second kappa shape index (κ2) is 6.14. The summed E-state index contributed by atoms with van der Waals surface area (Å²) in [6, 6.07) is 3.63. The van der Waals surface area contributed by atoms with Crippen LogP contribution >= 0.6 is 38.6 Å². The molecule has 0 amide bonds. The number of carbonyl (C=O) groups is 1. The van der Waals surface area contributed by atoms with Gasteiger partial charge in [0.1, 0.15) is 21.3 Å². The molecule has 0 bridgehead atoms. The van der Waals surface area contributed by atoms with E-state index in [1.165, 1.54) is 11.3 Å². The number of halogens is 1. The zero-order valence-corrected chi connectivity index (χ0v) is 17.9. The molecular formula is C18H16BrN3O2S2. The first kappa shape index (κ1) is 17.6. The van der Waals surface area contributed by atoms with Crippen molar-refractivity contribution in [1.82, 2.24) is 14.4 Å². The maximum absolute atomic E-state index is 13.0. The number of aromatic nitrogens is 3. The lowest BCUT2D eigenvalue weighted by molar-refractivity contribution is 0.0863. The number of carbonyl (C=O) groups excluding carboxylic acids is 1. The molecule has 0 spiro atoms. The molecule has 0 saturated heterocycles. The summed E-state index contributed by atoms with van der Waals surface area (Å²) in [6.07, 6.45) is 1.98. The highest BCUT2D eigenvalue weighted by molar-refractivity contribution is 9.10. The van der Waals surface area contributed by atoms with E-state index < -0.39 is 5.41 Å². The van der Waals surface area contributed by atoms with Gasteiger partial charge >= 0.3 is 0 Å². The van der Waals surface area contributed by atoms with E-state index >= 15 is 0 Å². The van der Waals surface area contributed by atoms with Gasteiger partial charge in [0, 0.05) is 17.0 Å². The molecule has 26 heavy (non-hydrogen) atoms. The Kier molecular flexibility index (Phi) is 4.17. The normalized spacial score (nSPS) is 12.2. The van der Waals surface area contributed by atoms with Crippen LogP contribution in [0, 0.1) is 12.3 Å². The molecule has 4 aromatic heterocycles. The van der Waals surface area contributed by atoms with E-state index in [1.54, 1.807) is 17.4 Å². The Morgan fingerprint density at radius 1 is 1.27 bits per heavy atom. The Morgan fingerprint density at radius 2 is 2.04 bits per heavy atom. The van der Waals surface area contributed by atoms with Crippen LogP contribution in [0.3, 0.4) is 0 Å². The highest BCUT2D eigenvalue weighted by atomic mass is 79.9. The molecule has 5 nitrogen and oxygen atoms in total. The molecular weight excluding hydrogens is 434 g/mol. The molecule has 4 heterocycles. The number of nitrogens with zero attached hydrogens (tertiary/aromatic N) is 3. The van der Waals surface area contributed by atoms with E-state index in [1.807, 2.05) is 49.7 Å². The van der Waals surface area contributed by atoms with Crippen molar-refractivity contribution in [3.05, 3.63) is 39.0 Å². The van der Waals surface area contributed by atoms with Gasteiger partial charge in [0.05, 0.1) is 5.69 Å². The second-order valence-electron chi connectivity index (χ2n) is 6.98. The van der Waals surface area contributed by atoms with Crippen LogP contribution in [0.15, 0.2) is 32.8 Å². The van der Waals surface area contributed by atoms with Crippen molar-refractivity contribution in [2.75, 3.05) is 0 Å². The lowest BCUT2D eigenvalue weighted by Gasteiger charge is -2.15. The van der Waals surface area contributed by atoms with Gasteiger partial charge in [0.25, 0.3) is 0 Å². The Morgan fingerprint density at radius 3 is 2.69 bits per heavy atom. The summed E-state index contributed by atoms with van der Waals surface area (Å²) in [7, 11) is 0. The van der Waals surface area contributed by atoms with Crippen LogP contribution in [0.25, 0.3) is 27.1 Å². The van der Waals surface area contributed by atoms with Crippen LogP contribution in [-0.2, 0) is 0 Å². The fraction of sp³-hybridized carbons (Fsp3) is 0.278. The van der Waals surface area contributed by atoms with Crippen molar-refractivity contribution in [2.45, 2.75) is 27.7 Å². The Hall–Kier alpha value is -1.77. The topological polar surface area (TPSA) is 60.4 Å². The van der Waals surface area contributed by atoms with E-state index in [9.17, 15) is 4.79 Å². The number of ketones is 1. The highest BCUT2D eigenvalue weighted by Gasteiger charge is 2.31. The van der Waals surface area contributed by atoms with Gasteiger partial charge in [0.2, 0.25) is 0 Å². The standard InChI is InChI=1S/C18H16BrN3O2S2/c1-9-13(22-7-8-25-17(22)20-9)16-21-12(10-5-6-11(19)24-10)14(26-16)15(23)18(2,3)4/h5-8H,1-4H3. The number of furan rings is 1. The highest BCUT2D eigenvalue weighted by Crippen LogP contribution is 2.39. The SMILES string of the molecule is Cc1nc2sccn2c1-c1nc(-c2ccc(Br)o2)c(C(=O)C(C)(C)C)s1. The van der Waals surface area contributed by atoms with Gasteiger partial charge in [-0.25, -0.2) is 9.97 Å². The van der Waals surface area contributed by atoms with Crippen LogP contribution in [0.4, 0.5) is 0 Å². The first-order chi connectivity index (χ1) is 12.3. The van der Waals surface area contributed by atoms with Crippen molar-refractivity contribution in [3.63, 3.8) is 0 Å². The molecule has 8 heteroatoms. The minimum atomic E-state index is -0.507. The number of hydrogen-bond acceptors (Lipinski definition) is 6. The van der Waals surface area contributed by atoms with E-state index in [-0.39, 0.29) is 5.78 Å². The van der Waals surface area contributed by atoms with Crippen molar-refractivity contribution in [2.24, 2.45) is 5.41 Å². The van der Waals surface area contributed by atoms with Gasteiger partial charge in [-0.15, -0.1) is 22.7 Å². The van der Waals surface area contributed by atoms with Crippen molar-refractivity contribution >= 4 is 49.3 Å². The zero-order valence-electron chi connectivity index (χ0n) is 14.7. The van der Waals surface area contributed by atoms with Gasteiger partial charge in [-0.1, -0.05) is 20.8 Å². The molecule has 134 valence electrons. The lowest BCUT2D eigenvalue weighted by Crippen LogP contribution is -2.19. The summed E-state index contributed by atoms with van der Waals surface area (Å²) in [5.41, 5.74) is 1.89. The number of hydrogen-bond donors (Lipinski definition) is 0. The predicted molar refractivity (Wildman–Crippen MR) is 108 cm³/mol. The maximum atomic E-state index is 13.0. The van der Waals surface area contributed by atoms with E-state index in [0.717, 1.165) is 21.4 Å². The monoisotopic (exact) mass is 449 g/mol. The lowest BCUT2D eigenvalue weighted by atomic mass is 9.89. The molecule has 0 aromatic carbocycles. The zero-order chi connectivity index (χ0) is 18.6. The van der Waals surface area contributed by atoms with Gasteiger partial charge in [-0.3, -0.25) is 9.20 Å². The number of fused-ring (bicyclic) bond motifs is 1. The van der Waals surface area contributed by atoms with Gasteiger partial charge in [0.15, 0.2) is 21.2 Å². The number of thiazole rings is 2. The van der Waals surface area contributed by atoms with Gasteiger partial charge < -0.3 is 4.42 Å². The Balaban J connectivity index is 1.95. The second-order valence-corrected chi connectivity index (χ2v) is 9.63. The number of rotatable bonds is 3. The fourth-order valence-electron chi connectivity index (χ4n) is 2.68. The van der Waals surface area contributed by atoms with Crippen LogP contribution in [0.2, 0.25) is 0 Å². The average Bonchev–Trinajstić information content (AvgIpc) is 3.28. The minimum absolute atomic E-state index is 0.0486. The number of Topliss-reactive ketones (excluding diaryl/α,β-unsaturated/α-hetero) is 1. The summed E-state index contributed by atoms with van der Waals surface area (Å²) in [5.74, 6) is 0.628. The molecule has 0 aliphatic heterocycles. The summed E-state index contributed by atoms with van der Waals surface area (Å²) in [4.78, 5) is 24.0. The van der Waals surface area contributed by atoms with Crippen LogP contribution in [0.5, 0.6) is 0 Å².